The van der Waals surface area contributed by atoms with Gasteiger partial charge in [0.05, 0.1) is 11.9 Å². The Morgan fingerprint density at radius 1 is 1.43 bits per heavy atom. The van der Waals surface area contributed by atoms with Gasteiger partial charge in [-0.05, 0) is 12.8 Å². The van der Waals surface area contributed by atoms with E-state index in [1.807, 2.05) is 6.92 Å². The first kappa shape index (κ1) is 14.0. The van der Waals surface area contributed by atoms with Crippen molar-refractivity contribution in [3.8, 4) is 0 Å². The lowest BCUT2D eigenvalue weighted by Gasteiger charge is -2.17. The Kier molecular flexibility index (Phi) is 6.44. The van der Waals surface area contributed by atoms with Crippen LogP contribution in [0.1, 0.15) is 32.6 Å². The lowest BCUT2D eigenvalue weighted by Crippen LogP contribution is -2.11. The van der Waals surface area contributed by atoms with Crippen molar-refractivity contribution in [2.75, 3.05) is 0 Å². The zero-order chi connectivity index (χ0) is 11.2. The van der Waals surface area contributed by atoms with Crippen molar-refractivity contribution in [3.05, 3.63) is 12.3 Å². The molecule has 0 rings (SSSR count). The number of rotatable bonds is 6. The first-order chi connectivity index (χ1) is 6.37. The van der Waals surface area contributed by atoms with Crippen LogP contribution >= 0.6 is 23.7 Å². The molecule has 0 aromatic heterocycles. The third kappa shape index (κ3) is 7.38. The summed E-state index contributed by atoms with van der Waals surface area (Å²) in [6, 6.07) is 0. The third-order valence-corrected chi connectivity index (χ3v) is 2.57. The van der Waals surface area contributed by atoms with Crippen LogP contribution in [-0.4, -0.2) is 9.33 Å². The van der Waals surface area contributed by atoms with Crippen LogP contribution < -0.4 is 0 Å². The molecular formula is C8H13ClF3NS. The SMILES string of the molecule is C=C(CCCCC)N(Cl)SC(F)(F)F. The smallest absolute Gasteiger partial charge is 0.224 e. The Hall–Kier alpha value is -0.0300. The number of nitrogens with zero attached hydrogens (tertiary/aromatic N) is 1. The second-order valence-corrected chi connectivity index (χ2v) is 4.35. The van der Waals surface area contributed by atoms with Gasteiger partial charge in [0.1, 0.15) is 0 Å². The standard InChI is InChI=1S/C8H13ClF3NS/c1-3-4-5-6-7(2)13(9)14-8(10,11)12/h2-6H2,1H3. The van der Waals surface area contributed by atoms with Gasteiger partial charge in [-0.15, -0.1) is 0 Å². The fourth-order valence-electron chi connectivity index (χ4n) is 0.822. The van der Waals surface area contributed by atoms with Crippen LogP contribution in [0.3, 0.4) is 0 Å². The highest BCUT2D eigenvalue weighted by molar-refractivity contribution is 7.98. The predicted octanol–water partition coefficient (Wildman–Crippen LogP) is 4.70. The average molecular weight is 248 g/mol. The van der Waals surface area contributed by atoms with Crippen LogP contribution in [0.15, 0.2) is 12.3 Å². The number of hydrogen-bond acceptors (Lipinski definition) is 2. The van der Waals surface area contributed by atoms with E-state index in [1.165, 1.54) is 0 Å². The number of alkyl halides is 3. The molecule has 0 amide bonds. The Morgan fingerprint density at radius 2 is 2.00 bits per heavy atom. The zero-order valence-electron chi connectivity index (χ0n) is 7.90. The van der Waals surface area contributed by atoms with Crippen molar-refractivity contribution in [1.29, 1.82) is 0 Å². The summed E-state index contributed by atoms with van der Waals surface area (Å²) in [5.74, 6) is 0. The molecule has 0 aromatic carbocycles. The average Bonchev–Trinajstić information content (AvgIpc) is 2.01. The van der Waals surface area contributed by atoms with Gasteiger partial charge in [0.25, 0.3) is 0 Å². The molecular weight excluding hydrogens is 235 g/mol. The molecule has 1 nitrogen and oxygen atoms in total. The van der Waals surface area contributed by atoms with Crippen molar-refractivity contribution < 1.29 is 13.2 Å². The number of hydrogen-bond donors (Lipinski definition) is 0. The highest BCUT2D eigenvalue weighted by Crippen LogP contribution is 2.37. The summed E-state index contributed by atoms with van der Waals surface area (Å²) in [5, 5.41) is 0. The quantitative estimate of drug-likeness (QED) is 0.380. The monoisotopic (exact) mass is 247 g/mol. The molecule has 0 aliphatic carbocycles. The molecule has 0 saturated carbocycles. The highest BCUT2D eigenvalue weighted by Gasteiger charge is 2.32. The lowest BCUT2D eigenvalue weighted by molar-refractivity contribution is -0.0346. The maximum atomic E-state index is 11.9. The molecule has 0 fully saturated rings. The summed E-state index contributed by atoms with van der Waals surface area (Å²) in [7, 11) is 0. The Morgan fingerprint density at radius 3 is 2.43 bits per heavy atom. The predicted molar refractivity (Wildman–Crippen MR) is 54.6 cm³/mol. The minimum absolute atomic E-state index is 0.294. The van der Waals surface area contributed by atoms with Crippen molar-refractivity contribution in [3.63, 3.8) is 0 Å². The van der Waals surface area contributed by atoms with E-state index >= 15 is 0 Å². The molecule has 0 aromatic rings. The van der Waals surface area contributed by atoms with Gasteiger partial charge in [-0.2, -0.15) is 13.2 Å². The molecule has 14 heavy (non-hydrogen) atoms. The second-order valence-electron chi connectivity index (χ2n) is 2.81. The van der Waals surface area contributed by atoms with Crippen LogP contribution in [0.25, 0.3) is 0 Å². The highest BCUT2D eigenvalue weighted by atomic mass is 35.5. The maximum Gasteiger partial charge on any atom is 0.462 e. The first-order valence-electron chi connectivity index (χ1n) is 4.26. The van der Waals surface area contributed by atoms with E-state index in [0.29, 0.717) is 15.9 Å². The summed E-state index contributed by atoms with van der Waals surface area (Å²) < 4.78 is 36.1. The first-order valence-corrected chi connectivity index (χ1v) is 5.37. The normalized spacial score (nSPS) is 11.5. The number of allylic oxidation sites excluding steroid dienone is 1. The van der Waals surface area contributed by atoms with E-state index in [2.05, 4.69) is 6.58 Å². The largest absolute Gasteiger partial charge is 0.462 e. The third-order valence-electron chi connectivity index (χ3n) is 1.50. The van der Waals surface area contributed by atoms with Gasteiger partial charge in [-0.1, -0.05) is 26.3 Å². The molecule has 0 aliphatic rings. The fraction of sp³-hybridized carbons (Fsp3) is 0.750. The van der Waals surface area contributed by atoms with E-state index < -0.39 is 5.51 Å². The molecule has 0 bridgehead atoms. The van der Waals surface area contributed by atoms with Gasteiger partial charge < -0.3 is 0 Å². The summed E-state index contributed by atoms with van der Waals surface area (Å²) in [6.07, 6.45) is 3.31. The minimum Gasteiger partial charge on any atom is -0.224 e. The number of halogens is 4. The van der Waals surface area contributed by atoms with Crippen LogP contribution in [0.4, 0.5) is 13.2 Å². The van der Waals surface area contributed by atoms with Crippen LogP contribution in [0.5, 0.6) is 0 Å². The van der Waals surface area contributed by atoms with Crippen LogP contribution in [-0.2, 0) is 0 Å². The van der Waals surface area contributed by atoms with E-state index in [9.17, 15) is 13.2 Å². The molecule has 0 N–H and O–H groups in total. The molecule has 0 heterocycles. The molecule has 84 valence electrons. The Labute approximate surface area is 91.5 Å². The van der Waals surface area contributed by atoms with Gasteiger partial charge in [0.2, 0.25) is 0 Å². The summed E-state index contributed by atoms with van der Waals surface area (Å²) in [6.45, 7) is 5.50. The van der Waals surface area contributed by atoms with E-state index in [-0.39, 0.29) is 11.9 Å². The van der Waals surface area contributed by atoms with Gasteiger partial charge in [0, 0.05) is 17.5 Å². The molecule has 0 saturated heterocycles. The van der Waals surface area contributed by atoms with Gasteiger partial charge in [0.15, 0.2) is 0 Å². The minimum atomic E-state index is -4.35. The van der Waals surface area contributed by atoms with Gasteiger partial charge in [-0.3, -0.25) is 0 Å². The fourth-order valence-corrected chi connectivity index (χ4v) is 1.54. The molecule has 0 atom stereocenters. The molecule has 6 heteroatoms. The van der Waals surface area contributed by atoms with Crippen molar-refractivity contribution in [1.82, 2.24) is 3.82 Å². The van der Waals surface area contributed by atoms with E-state index in [0.717, 1.165) is 19.3 Å². The molecule has 0 unspecified atom stereocenters. The molecule has 0 spiro atoms. The lowest BCUT2D eigenvalue weighted by atomic mass is 10.2. The maximum absolute atomic E-state index is 11.9. The van der Waals surface area contributed by atoms with Crippen LogP contribution in [0.2, 0.25) is 0 Å². The number of unbranched alkanes of at least 4 members (excludes halogenated alkanes) is 2. The molecule has 0 aliphatic heterocycles. The van der Waals surface area contributed by atoms with Crippen molar-refractivity contribution in [2.45, 2.75) is 38.1 Å². The zero-order valence-corrected chi connectivity index (χ0v) is 9.48. The Balaban J connectivity index is 3.77. The van der Waals surface area contributed by atoms with Crippen LogP contribution in [0, 0.1) is 0 Å². The summed E-state index contributed by atoms with van der Waals surface area (Å²) in [4.78, 5) is 0. The van der Waals surface area contributed by atoms with Crippen molar-refractivity contribution >= 4 is 23.7 Å². The van der Waals surface area contributed by atoms with Gasteiger partial charge in [-0.25, -0.2) is 3.82 Å². The van der Waals surface area contributed by atoms with Gasteiger partial charge >= 0.3 is 5.51 Å². The second kappa shape index (κ2) is 6.45. The topological polar surface area (TPSA) is 3.24 Å². The van der Waals surface area contributed by atoms with E-state index in [1.54, 1.807) is 0 Å². The molecule has 0 radical (unpaired) electrons. The summed E-state index contributed by atoms with van der Waals surface area (Å²) in [5.41, 5.74) is -4.06. The van der Waals surface area contributed by atoms with Crippen molar-refractivity contribution in [2.24, 2.45) is 0 Å². The summed E-state index contributed by atoms with van der Waals surface area (Å²) >= 11 is 4.99. The van der Waals surface area contributed by atoms with E-state index in [4.69, 9.17) is 11.8 Å². The Bertz CT molecular complexity index is 184.